The first-order valence-electron chi connectivity index (χ1n) is 7.07. The number of thioether (sulfide) groups is 1. The van der Waals surface area contributed by atoms with Crippen LogP contribution in [0.3, 0.4) is 0 Å². The summed E-state index contributed by atoms with van der Waals surface area (Å²) >= 11 is 1.91. The highest BCUT2D eigenvalue weighted by Gasteiger charge is 2.31. The summed E-state index contributed by atoms with van der Waals surface area (Å²) in [7, 11) is 0. The quantitative estimate of drug-likeness (QED) is 0.781. The minimum atomic E-state index is -0.354. The van der Waals surface area contributed by atoms with Crippen molar-refractivity contribution in [1.29, 1.82) is 0 Å². The number of hydrogen-bond acceptors (Lipinski definition) is 3. The summed E-state index contributed by atoms with van der Waals surface area (Å²) in [5.74, 6) is 0.484. The molecule has 0 spiro atoms. The van der Waals surface area contributed by atoms with E-state index in [1.807, 2.05) is 11.8 Å². The van der Waals surface area contributed by atoms with Crippen LogP contribution in [0.4, 0.5) is 0 Å². The van der Waals surface area contributed by atoms with Crippen LogP contribution in [0.25, 0.3) is 0 Å². The fourth-order valence-corrected chi connectivity index (χ4v) is 3.56. The number of hydrogen-bond donors (Lipinski definition) is 2. The maximum Gasteiger partial charge on any atom is 0.236 e. The van der Waals surface area contributed by atoms with Crippen LogP contribution in [-0.2, 0) is 4.79 Å². The van der Waals surface area contributed by atoms with Crippen molar-refractivity contribution in [2.45, 2.75) is 63.2 Å². The van der Waals surface area contributed by atoms with Crippen LogP contribution in [0, 0.1) is 5.92 Å². The molecule has 1 saturated carbocycles. The minimum Gasteiger partial charge on any atom is -0.353 e. The maximum absolute atomic E-state index is 11.9. The Kier molecular flexibility index (Phi) is 6.50. The van der Waals surface area contributed by atoms with Crippen LogP contribution in [0.2, 0.25) is 0 Å². The van der Waals surface area contributed by atoms with Crippen LogP contribution >= 0.6 is 11.8 Å². The zero-order valence-electron chi connectivity index (χ0n) is 12.0. The molecular weight excluding hydrogens is 244 g/mol. The predicted octanol–water partition coefficient (Wildman–Crippen LogP) is 2.54. The van der Waals surface area contributed by atoms with E-state index in [9.17, 15) is 4.79 Å². The van der Waals surface area contributed by atoms with Gasteiger partial charge in [-0.05, 0) is 31.4 Å². The number of nitrogens with two attached hydrogens (primary N) is 1. The Balaban J connectivity index is 2.40. The minimum absolute atomic E-state index is 0.0164. The van der Waals surface area contributed by atoms with E-state index in [2.05, 4.69) is 25.4 Å². The monoisotopic (exact) mass is 272 g/mol. The maximum atomic E-state index is 11.9. The normalized spacial score (nSPS) is 20.7. The molecule has 1 atom stereocenters. The number of carbonyl (C=O) groups excluding carboxylic acids is 1. The van der Waals surface area contributed by atoms with E-state index in [1.54, 1.807) is 0 Å². The van der Waals surface area contributed by atoms with Crippen molar-refractivity contribution in [1.82, 2.24) is 5.32 Å². The van der Waals surface area contributed by atoms with E-state index in [0.717, 1.165) is 13.0 Å². The largest absolute Gasteiger partial charge is 0.353 e. The highest BCUT2D eigenvalue weighted by Crippen LogP contribution is 2.37. The SMILES string of the molecule is CSC1(CNC(=O)[C@H](N)CC(C)C)CCCCC1. The van der Waals surface area contributed by atoms with Gasteiger partial charge in [0, 0.05) is 11.3 Å². The van der Waals surface area contributed by atoms with Crippen molar-refractivity contribution in [2.24, 2.45) is 11.7 Å². The lowest BCUT2D eigenvalue weighted by Gasteiger charge is -2.36. The van der Waals surface area contributed by atoms with Crippen molar-refractivity contribution < 1.29 is 4.79 Å². The Morgan fingerprint density at radius 3 is 2.44 bits per heavy atom. The highest BCUT2D eigenvalue weighted by atomic mass is 32.2. The molecule has 0 unspecified atom stereocenters. The molecule has 3 nitrogen and oxygen atoms in total. The summed E-state index contributed by atoms with van der Waals surface area (Å²) in [5, 5.41) is 3.06. The molecule has 1 rings (SSSR count). The van der Waals surface area contributed by atoms with Gasteiger partial charge in [0.2, 0.25) is 5.91 Å². The molecule has 1 amide bonds. The van der Waals surface area contributed by atoms with Crippen molar-refractivity contribution in [2.75, 3.05) is 12.8 Å². The average Bonchev–Trinajstić information content (AvgIpc) is 2.36. The third-order valence-electron chi connectivity index (χ3n) is 3.84. The molecule has 0 aliphatic heterocycles. The zero-order valence-corrected chi connectivity index (χ0v) is 12.8. The number of carbonyl (C=O) groups is 1. The molecule has 0 heterocycles. The second kappa shape index (κ2) is 7.39. The van der Waals surface area contributed by atoms with Gasteiger partial charge in [0.15, 0.2) is 0 Å². The molecule has 0 saturated heterocycles. The molecule has 1 fully saturated rings. The molecule has 3 N–H and O–H groups in total. The van der Waals surface area contributed by atoms with E-state index in [0.29, 0.717) is 5.92 Å². The van der Waals surface area contributed by atoms with Crippen LogP contribution in [0.15, 0.2) is 0 Å². The van der Waals surface area contributed by atoms with Crippen LogP contribution in [0.5, 0.6) is 0 Å². The van der Waals surface area contributed by atoms with Gasteiger partial charge in [-0.2, -0.15) is 11.8 Å². The second-order valence-electron chi connectivity index (χ2n) is 5.90. The van der Waals surface area contributed by atoms with Crippen molar-refractivity contribution in [3.8, 4) is 0 Å². The van der Waals surface area contributed by atoms with Crippen molar-refractivity contribution >= 4 is 17.7 Å². The Bertz CT molecular complexity index is 263. The van der Waals surface area contributed by atoms with Crippen molar-refractivity contribution in [3.63, 3.8) is 0 Å². The third kappa shape index (κ3) is 4.81. The summed E-state index contributed by atoms with van der Waals surface area (Å²) in [4.78, 5) is 11.9. The van der Waals surface area contributed by atoms with Crippen LogP contribution in [-0.4, -0.2) is 29.5 Å². The van der Waals surface area contributed by atoms with Gasteiger partial charge in [0.05, 0.1) is 6.04 Å². The molecule has 0 radical (unpaired) electrons. The van der Waals surface area contributed by atoms with Gasteiger partial charge in [-0.3, -0.25) is 4.79 Å². The molecular formula is C14H28N2OS. The van der Waals surface area contributed by atoms with Gasteiger partial charge in [-0.1, -0.05) is 33.1 Å². The molecule has 0 aromatic heterocycles. The highest BCUT2D eigenvalue weighted by molar-refractivity contribution is 8.00. The molecule has 0 aromatic carbocycles. The average molecular weight is 272 g/mol. The molecule has 0 bridgehead atoms. The smallest absolute Gasteiger partial charge is 0.236 e. The first-order valence-corrected chi connectivity index (χ1v) is 8.30. The second-order valence-corrected chi connectivity index (χ2v) is 7.18. The summed E-state index contributed by atoms with van der Waals surface area (Å²) in [6.45, 7) is 4.97. The Hall–Kier alpha value is -0.220. The topological polar surface area (TPSA) is 55.1 Å². The van der Waals surface area contributed by atoms with Gasteiger partial charge in [0.1, 0.15) is 0 Å². The molecule has 18 heavy (non-hydrogen) atoms. The van der Waals surface area contributed by atoms with E-state index in [4.69, 9.17) is 5.73 Å². The molecule has 106 valence electrons. The fraction of sp³-hybridized carbons (Fsp3) is 0.929. The zero-order chi connectivity index (χ0) is 13.6. The summed E-state index contributed by atoms with van der Waals surface area (Å²) < 4.78 is 0.255. The van der Waals surface area contributed by atoms with Gasteiger partial charge in [0.25, 0.3) is 0 Å². The van der Waals surface area contributed by atoms with E-state index >= 15 is 0 Å². The lowest BCUT2D eigenvalue weighted by Crippen LogP contribution is -2.47. The van der Waals surface area contributed by atoms with Gasteiger partial charge < -0.3 is 11.1 Å². The van der Waals surface area contributed by atoms with E-state index in [-0.39, 0.29) is 16.7 Å². The van der Waals surface area contributed by atoms with E-state index < -0.39 is 0 Å². The fourth-order valence-electron chi connectivity index (χ4n) is 2.64. The number of rotatable bonds is 6. The Morgan fingerprint density at radius 2 is 1.94 bits per heavy atom. The van der Waals surface area contributed by atoms with Gasteiger partial charge >= 0.3 is 0 Å². The standard InChI is InChI=1S/C14H28N2OS/c1-11(2)9-12(15)13(17)16-10-14(18-3)7-5-4-6-8-14/h11-12H,4-10,15H2,1-3H3,(H,16,17)/t12-/m1/s1. The van der Waals surface area contributed by atoms with Crippen molar-refractivity contribution in [3.05, 3.63) is 0 Å². The Morgan fingerprint density at radius 1 is 1.33 bits per heavy atom. The number of amides is 1. The molecule has 4 heteroatoms. The van der Waals surface area contributed by atoms with Crippen LogP contribution in [0.1, 0.15) is 52.4 Å². The van der Waals surface area contributed by atoms with E-state index in [1.165, 1.54) is 32.1 Å². The van der Waals surface area contributed by atoms with Crippen LogP contribution < -0.4 is 11.1 Å². The van der Waals surface area contributed by atoms with Gasteiger partial charge in [-0.15, -0.1) is 0 Å². The lowest BCUT2D eigenvalue weighted by molar-refractivity contribution is -0.122. The first kappa shape index (κ1) is 15.8. The molecule has 0 aromatic rings. The summed E-state index contributed by atoms with van der Waals surface area (Å²) in [6.07, 6.45) is 9.26. The van der Waals surface area contributed by atoms with Gasteiger partial charge in [-0.25, -0.2) is 0 Å². The Labute approximate surface area is 116 Å². The summed E-state index contributed by atoms with van der Waals surface area (Å²) in [5.41, 5.74) is 5.90. The molecule has 1 aliphatic rings. The summed E-state index contributed by atoms with van der Waals surface area (Å²) in [6, 6.07) is -0.354. The number of nitrogens with one attached hydrogen (secondary N) is 1. The first-order chi connectivity index (χ1) is 8.49. The lowest BCUT2D eigenvalue weighted by atomic mass is 9.88. The third-order valence-corrected chi connectivity index (χ3v) is 5.26. The molecule has 1 aliphatic carbocycles. The predicted molar refractivity (Wildman–Crippen MR) is 79.8 cm³/mol.